The largest absolute Gasteiger partial charge is 0.464 e. The quantitative estimate of drug-likeness (QED) is 0.589. The molecular weight excluding hydrogens is 192 g/mol. The summed E-state index contributed by atoms with van der Waals surface area (Å²) in [5.74, 6) is -0.553. The molecule has 0 bridgehead atoms. The predicted octanol–water partition coefficient (Wildman–Crippen LogP) is 1.54. The molecule has 0 aliphatic rings. The molecule has 0 heterocycles. The molecule has 15 heavy (non-hydrogen) atoms. The summed E-state index contributed by atoms with van der Waals surface area (Å²) in [6.45, 7) is 1.76. The van der Waals surface area contributed by atoms with Crippen molar-refractivity contribution in [2.45, 2.75) is 25.9 Å². The monoisotopic (exact) mass is 208 g/mol. The van der Waals surface area contributed by atoms with E-state index in [0.29, 0.717) is 6.61 Å². The number of esters is 1. The van der Waals surface area contributed by atoms with Crippen LogP contribution in [-0.4, -0.2) is 23.8 Å². The van der Waals surface area contributed by atoms with Crippen molar-refractivity contribution in [3.63, 3.8) is 0 Å². The van der Waals surface area contributed by atoms with E-state index in [1.807, 2.05) is 30.3 Å². The van der Waals surface area contributed by atoms with Gasteiger partial charge in [0, 0.05) is 0 Å². The Morgan fingerprint density at radius 1 is 1.40 bits per heavy atom. The van der Waals surface area contributed by atoms with Crippen LogP contribution in [0.1, 0.15) is 18.9 Å². The molecule has 1 aromatic carbocycles. The molecule has 0 spiro atoms. The summed E-state index contributed by atoms with van der Waals surface area (Å²) in [7, 11) is 0. The average Bonchev–Trinajstić information content (AvgIpc) is 2.25. The molecule has 82 valence electrons. The third-order valence-corrected chi connectivity index (χ3v) is 2.04. The van der Waals surface area contributed by atoms with Crippen LogP contribution in [0.5, 0.6) is 0 Å². The van der Waals surface area contributed by atoms with E-state index in [-0.39, 0.29) is 0 Å². The topological polar surface area (TPSA) is 46.5 Å². The molecule has 0 aliphatic carbocycles. The zero-order valence-electron chi connectivity index (χ0n) is 8.85. The van der Waals surface area contributed by atoms with Crippen LogP contribution in [0.3, 0.4) is 0 Å². The minimum absolute atomic E-state index is 0.360. The maximum absolute atomic E-state index is 10.9. The number of aliphatic hydroxyl groups is 1. The first-order valence-corrected chi connectivity index (χ1v) is 5.09. The minimum Gasteiger partial charge on any atom is -0.464 e. The van der Waals surface area contributed by atoms with Crippen molar-refractivity contribution in [3.05, 3.63) is 35.9 Å². The van der Waals surface area contributed by atoms with Gasteiger partial charge in [0.1, 0.15) is 6.10 Å². The second-order valence-corrected chi connectivity index (χ2v) is 3.43. The third-order valence-electron chi connectivity index (χ3n) is 2.04. The van der Waals surface area contributed by atoms with Crippen LogP contribution in [0, 0.1) is 0 Å². The Kier molecular flexibility index (Phi) is 4.84. The zero-order valence-corrected chi connectivity index (χ0v) is 8.85. The molecule has 1 unspecified atom stereocenters. The highest BCUT2D eigenvalue weighted by atomic mass is 16.5. The molecule has 1 aromatic rings. The summed E-state index contributed by atoms with van der Waals surface area (Å²) >= 11 is 0. The third kappa shape index (κ3) is 4.61. The van der Waals surface area contributed by atoms with Crippen molar-refractivity contribution in [1.29, 1.82) is 0 Å². The molecule has 0 fully saturated rings. The molecular formula is C12H16O3. The van der Waals surface area contributed by atoms with Crippen LogP contribution in [0.4, 0.5) is 0 Å². The molecule has 0 aliphatic heterocycles. The van der Waals surface area contributed by atoms with Crippen molar-refractivity contribution >= 4 is 5.97 Å². The minimum atomic E-state index is -1.03. The van der Waals surface area contributed by atoms with Crippen molar-refractivity contribution in [1.82, 2.24) is 0 Å². The van der Waals surface area contributed by atoms with Crippen LogP contribution in [0.15, 0.2) is 30.3 Å². The first kappa shape index (κ1) is 11.7. The Morgan fingerprint density at radius 3 is 2.67 bits per heavy atom. The first-order chi connectivity index (χ1) is 7.20. The van der Waals surface area contributed by atoms with Crippen LogP contribution < -0.4 is 0 Å². The van der Waals surface area contributed by atoms with Gasteiger partial charge in [-0.1, -0.05) is 30.3 Å². The summed E-state index contributed by atoms with van der Waals surface area (Å²) < 4.78 is 4.84. The molecule has 0 amide bonds. The Balaban J connectivity index is 2.15. The summed E-state index contributed by atoms with van der Waals surface area (Å²) in [5, 5.41) is 8.86. The fraction of sp³-hybridized carbons (Fsp3) is 0.417. The van der Waals surface area contributed by atoms with E-state index in [9.17, 15) is 4.79 Å². The van der Waals surface area contributed by atoms with Crippen molar-refractivity contribution in [3.8, 4) is 0 Å². The lowest BCUT2D eigenvalue weighted by Gasteiger charge is -2.06. The predicted molar refractivity (Wildman–Crippen MR) is 57.4 cm³/mol. The summed E-state index contributed by atoms with van der Waals surface area (Å²) in [6.07, 6.45) is 0.637. The van der Waals surface area contributed by atoms with E-state index >= 15 is 0 Å². The second-order valence-electron chi connectivity index (χ2n) is 3.43. The number of hydrogen-bond donors (Lipinski definition) is 1. The Labute approximate surface area is 89.7 Å². The summed E-state index contributed by atoms with van der Waals surface area (Å²) in [6, 6.07) is 10.0. The molecule has 1 rings (SSSR count). The maximum Gasteiger partial charge on any atom is 0.334 e. The normalized spacial score (nSPS) is 12.1. The van der Waals surface area contributed by atoms with Crippen molar-refractivity contribution in [2.24, 2.45) is 0 Å². The van der Waals surface area contributed by atoms with Gasteiger partial charge in [-0.25, -0.2) is 4.79 Å². The standard InChI is InChI=1S/C12H16O3/c1-10(13)12(14)15-9-5-8-11-6-3-2-4-7-11/h2-4,6-7,10,13H,5,8-9H2,1H3. The number of carbonyl (C=O) groups excluding carboxylic acids is 1. The van der Waals surface area contributed by atoms with Crippen LogP contribution in [0.25, 0.3) is 0 Å². The highest BCUT2D eigenvalue weighted by molar-refractivity contribution is 5.73. The van der Waals surface area contributed by atoms with E-state index in [1.165, 1.54) is 12.5 Å². The highest BCUT2D eigenvalue weighted by Crippen LogP contribution is 2.02. The van der Waals surface area contributed by atoms with Crippen LogP contribution in [0.2, 0.25) is 0 Å². The van der Waals surface area contributed by atoms with Gasteiger partial charge in [0.25, 0.3) is 0 Å². The van der Waals surface area contributed by atoms with Gasteiger partial charge in [0.2, 0.25) is 0 Å². The maximum atomic E-state index is 10.9. The molecule has 1 atom stereocenters. The molecule has 1 N–H and O–H groups in total. The SMILES string of the molecule is CC(O)C(=O)OCCCc1ccccc1. The molecule has 0 saturated carbocycles. The smallest absolute Gasteiger partial charge is 0.334 e. The molecule has 0 saturated heterocycles. The van der Waals surface area contributed by atoms with Gasteiger partial charge < -0.3 is 9.84 Å². The van der Waals surface area contributed by atoms with Crippen molar-refractivity contribution < 1.29 is 14.6 Å². The highest BCUT2D eigenvalue weighted by Gasteiger charge is 2.08. The van der Waals surface area contributed by atoms with Gasteiger partial charge in [0.15, 0.2) is 0 Å². The van der Waals surface area contributed by atoms with E-state index in [1.54, 1.807) is 0 Å². The lowest BCUT2D eigenvalue weighted by atomic mass is 10.1. The summed E-state index contributed by atoms with van der Waals surface area (Å²) in [4.78, 5) is 10.9. The Bertz CT molecular complexity index is 293. The second kappa shape index (κ2) is 6.19. The summed E-state index contributed by atoms with van der Waals surface area (Å²) in [5.41, 5.74) is 1.23. The number of ether oxygens (including phenoxy) is 1. The van der Waals surface area contributed by atoms with Gasteiger partial charge in [-0.05, 0) is 25.3 Å². The van der Waals surface area contributed by atoms with Crippen molar-refractivity contribution in [2.75, 3.05) is 6.61 Å². The lowest BCUT2D eigenvalue weighted by Crippen LogP contribution is -2.19. The van der Waals surface area contributed by atoms with Gasteiger partial charge in [-0.15, -0.1) is 0 Å². The van der Waals surface area contributed by atoms with Gasteiger partial charge in [-0.3, -0.25) is 0 Å². The average molecular weight is 208 g/mol. The van der Waals surface area contributed by atoms with E-state index < -0.39 is 12.1 Å². The van der Waals surface area contributed by atoms with Gasteiger partial charge in [0.05, 0.1) is 6.61 Å². The van der Waals surface area contributed by atoms with Crippen LogP contribution in [-0.2, 0) is 16.0 Å². The number of aliphatic hydroxyl groups excluding tert-OH is 1. The van der Waals surface area contributed by atoms with Crippen LogP contribution >= 0.6 is 0 Å². The number of carbonyl (C=O) groups is 1. The Morgan fingerprint density at radius 2 is 2.07 bits per heavy atom. The fourth-order valence-corrected chi connectivity index (χ4v) is 1.21. The molecule has 3 heteroatoms. The number of rotatable bonds is 5. The number of hydrogen-bond acceptors (Lipinski definition) is 3. The fourth-order valence-electron chi connectivity index (χ4n) is 1.21. The lowest BCUT2D eigenvalue weighted by molar-refractivity contribution is -0.152. The molecule has 0 aromatic heterocycles. The zero-order chi connectivity index (χ0) is 11.1. The molecule has 0 radical (unpaired) electrons. The van der Waals surface area contributed by atoms with E-state index in [2.05, 4.69) is 0 Å². The Hall–Kier alpha value is -1.35. The number of aryl methyl sites for hydroxylation is 1. The van der Waals surface area contributed by atoms with Gasteiger partial charge in [-0.2, -0.15) is 0 Å². The van der Waals surface area contributed by atoms with Gasteiger partial charge >= 0.3 is 5.97 Å². The van der Waals surface area contributed by atoms with E-state index in [4.69, 9.17) is 9.84 Å². The first-order valence-electron chi connectivity index (χ1n) is 5.09. The number of benzene rings is 1. The molecule has 3 nitrogen and oxygen atoms in total. The van der Waals surface area contributed by atoms with E-state index in [0.717, 1.165) is 12.8 Å².